The van der Waals surface area contributed by atoms with Crippen LogP contribution in [0.2, 0.25) is 0 Å². The fourth-order valence-electron chi connectivity index (χ4n) is 0.826. The maximum Gasteiger partial charge on any atom is 0.308 e. The van der Waals surface area contributed by atoms with Crippen molar-refractivity contribution in [2.75, 3.05) is 13.2 Å². The summed E-state index contributed by atoms with van der Waals surface area (Å²) in [4.78, 5) is 21.7. The molecule has 4 heteroatoms. The van der Waals surface area contributed by atoms with Crippen LogP contribution in [0.5, 0.6) is 0 Å². The first kappa shape index (κ1) is 12.1. The molecule has 0 aromatic heterocycles. The summed E-state index contributed by atoms with van der Waals surface area (Å²) in [7, 11) is 0. The molecule has 76 valence electrons. The number of carbonyl (C=O) groups is 2. The number of ether oxygens (including phenoxy) is 1. The highest BCUT2D eigenvalue weighted by atomic mass is 16.5. The largest absolute Gasteiger partial charge is 0.463 e. The number of hydrogen-bond acceptors (Lipinski definition) is 4. The zero-order valence-electron chi connectivity index (χ0n) is 8.08. The Labute approximate surface area is 77.9 Å². The summed E-state index contributed by atoms with van der Waals surface area (Å²) in [5, 5.41) is 8.38. The Kier molecular flexibility index (Phi) is 6.14. The minimum atomic E-state index is -0.352. The lowest BCUT2D eigenvalue weighted by Gasteiger charge is -2.09. The summed E-state index contributed by atoms with van der Waals surface area (Å²) in [5.41, 5.74) is 0. The molecule has 0 bridgehead atoms. The van der Waals surface area contributed by atoms with E-state index in [-0.39, 0.29) is 30.9 Å². The highest BCUT2D eigenvalue weighted by Crippen LogP contribution is 2.07. The number of rotatable bonds is 6. The molecular weight excluding hydrogens is 172 g/mol. The number of hydrogen-bond donors (Lipinski definition) is 1. The van der Waals surface area contributed by atoms with Gasteiger partial charge in [0.15, 0.2) is 0 Å². The third kappa shape index (κ3) is 6.28. The van der Waals surface area contributed by atoms with Crippen molar-refractivity contribution in [2.24, 2.45) is 5.92 Å². The normalized spacial score (nSPS) is 12.2. The number of ketones is 1. The molecule has 0 heterocycles. The molecule has 13 heavy (non-hydrogen) atoms. The molecule has 0 aliphatic carbocycles. The number of carbonyl (C=O) groups excluding carboxylic acids is 2. The van der Waals surface area contributed by atoms with Crippen LogP contribution in [0.4, 0.5) is 0 Å². The van der Waals surface area contributed by atoms with Crippen LogP contribution in [0.25, 0.3) is 0 Å². The molecule has 4 nitrogen and oxygen atoms in total. The third-order valence-corrected chi connectivity index (χ3v) is 1.67. The number of aliphatic hydroxyl groups excluding tert-OH is 1. The Morgan fingerprint density at radius 3 is 2.54 bits per heavy atom. The number of aliphatic hydroxyl groups is 1. The van der Waals surface area contributed by atoms with Crippen molar-refractivity contribution in [1.29, 1.82) is 0 Å². The van der Waals surface area contributed by atoms with Crippen LogP contribution in [0.1, 0.15) is 26.7 Å². The highest BCUT2D eigenvalue weighted by Gasteiger charge is 2.14. The van der Waals surface area contributed by atoms with Gasteiger partial charge in [-0.3, -0.25) is 4.79 Å². The SMILES string of the molecule is CC(=O)CCC(C)C(=O)OCCO. The van der Waals surface area contributed by atoms with Crippen LogP contribution < -0.4 is 0 Å². The molecule has 1 N–H and O–H groups in total. The topological polar surface area (TPSA) is 63.6 Å². The Bertz CT molecular complexity index is 176. The molecule has 0 aliphatic heterocycles. The highest BCUT2D eigenvalue weighted by molar-refractivity contribution is 5.77. The van der Waals surface area contributed by atoms with Gasteiger partial charge in [-0.1, -0.05) is 6.92 Å². The standard InChI is InChI=1S/C9H16O4/c1-7(3-4-8(2)11)9(12)13-6-5-10/h7,10H,3-6H2,1-2H3. The van der Waals surface area contributed by atoms with E-state index in [0.717, 1.165) is 0 Å². The van der Waals surface area contributed by atoms with Gasteiger partial charge in [0.25, 0.3) is 0 Å². The lowest BCUT2D eigenvalue weighted by Crippen LogP contribution is -2.17. The molecule has 0 fully saturated rings. The molecule has 0 aromatic carbocycles. The van der Waals surface area contributed by atoms with Gasteiger partial charge in [-0.25, -0.2) is 0 Å². The molecule has 1 atom stereocenters. The van der Waals surface area contributed by atoms with Crippen molar-refractivity contribution in [3.05, 3.63) is 0 Å². The molecule has 0 radical (unpaired) electrons. The lowest BCUT2D eigenvalue weighted by molar-refractivity contribution is -0.149. The lowest BCUT2D eigenvalue weighted by atomic mass is 10.0. The molecule has 0 saturated heterocycles. The van der Waals surface area contributed by atoms with Gasteiger partial charge in [0.2, 0.25) is 0 Å². The fourth-order valence-corrected chi connectivity index (χ4v) is 0.826. The fraction of sp³-hybridized carbons (Fsp3) is 0.778. The minimum absolute atomic E-state index is 0.0310. The van der Waals surface area contributed by atoms with Gasteiger partial charge in [0.05, 0.1) is 12.5 Å². The maximum absolute atomic E-state index is 11.1. The van der Waals surface area contributed by atoms with Crippen LogP contribution >= 0.6 is 0 Å². The molecule has 0 amide bonds. The predicted octanol–water partition coefficient (Wildman–Crippen LogP) is 0.527. The quantitative estimate of drug-likeness (QED) is 0.617. The summed E-state index contributed by atoms with van der Waals surface area (Å²) in [6.07, 6.45) is 0.912. The van der Waals surface area contributed by atoms with E-state index < -0.39 is 0 Å². The Hall–Kier alpha value is -0.900. The van der Waals surface area contributed by atoms with Crippen LogP contribution in [0.3, 0.4) is 0 Å². The molecule has 0 aromatic rings. The van der Waals surface area contributed by atoms with E-state index in [1.54, 1.807) is 6.92 Å². The zero-order valence-corrected chi connectivity index (χ0v) is 8.08. The Morgan fingerprint density at radius 2 is 2.08 bits per heavy atom. The van der Waals surface area contributed by atoms with Gasteiger partial charge in [0, 0.05) is 6.42 Å². The van der Waals surface area contributed by atoms with E-state index in [0.29, 0.717) is 12.8 Å². The maximum atomic E-state index is 11.1. The van der Waals surface area contributed by atoms with E-state index >= 15 is 0 Å². The van der Waals surface area contributed by atoms with Gasteiger partial charge < -0.3 is 14.6 Å². The van der Waals surface area contributed by atoms with Crippen molar-refractivity contribution < 1.29 is 19.4 Å². The average Bonchev–Trinajstić information content (AvgIpc) is 2.10. The van der Waals surface area contributed by atoms with Crippen molar-refractivity contribution in [1.82, 2.24) is 0 Å². The first-order chi connectivity index (χ1) is 6.07. The number of esters is 1. The van der Waals surface area contributed by atoms with Gasteiger partial charge in [0.1, 0.15) is 12.4 Å². The first-order valence-corrected chi connectivity index (χ1v) is 4.35. The van der Waals surface area contributed by atoms with Gasteiger partial charge >= 0.3 is 5.97 Å². The Morgan fingerprint density at radius 1 is 1.46 bits per heavy atom. The first-order valence-electron chi connectivity index (χ1n) is 4.35. The van der Waals surface area contributed by atoms with Crippen LogP contribution in [-0.2, 0) is 14.3 Å². The molecule has 1 unspecified atom stereocenters. The second kappa shape index (κ2) is 6.60. The Balaban J connectivity index is 3.62. The van der Waals surface area contributed by atoms with Crippen molar-refractivity contribution in [3.63, 3.8) is 0 Å². The summed E-state index contributed by atoms with van der Waals surface area (Å²) in [6.45, 7) is 3.07. The molecule has 0 aliphatic rings. The summed E-state index contributed by atoms with van der Waals surface area (Å²) >= 11 is 0. The van der Waals surface area contributed by atoms with E-state index in [4.69, 9.17) is 5.11 Å². The van der Waals surface area contributed by atoms with E-state index in [1.807, 2.05) is 0 Å². The third-order valence-electron chi connectivity index (χ3n) is 1.67. The van der Waals surface area contributed by atoms with Crippen molar-refractivity contribution in [3.8, 4) is 0 Å². The predicted molar refractivity (Wildman–Crippen MR) is 47.1 cm³/mol. The summed E-state index contributed by atoms with van der Waals surface area (Å²) in [5.74, 6) is -0.549. The van der Waals surface area contributed by atoms with Gasteiger partial charge in [-0.2, -0.15) is 0 Å². The second-order valence-electron chi connectivity index (χ2n) is 3.03. The summed E-state index contributed by atoms with van der Waals surface area (Å²) < 4.78 is 4.69. The van der Waals surface area contributed by atoms with E-state index in [2.05, 4.69) is 4.74 Å². The molecular formula is C9H16O4. The van der Waals surface area contributed by atoms with Crippen LogP contribution in [0, 0.1) is 5.92 Å². The van der Waals surface area contributed by atoms with Crippen molar-refractivity contribution >= 4 is 11.8 Å². The van der Waals surface area contributed by atoms with E-state index in [9.17, 15) is 9.59 Å². The molecule has 0 spiro atoms. The average molecular weight is 188 g/mol. The van der Waals surface area contributed by atoms with Crippen LogP contribution in [-0.4, -0.2) is 30.1 Å². The van der Waals surface area contributed by atoms with Gasteiger partial charge in [-0.05, 0) is 13.3 Å². The molecule has 0 saturated carbocycles. The smallest absolute Gasteiger partial charge is 0.308 e. The van der Waals surface area contributed by atoms with Crippen molar-refractivity contribution in [2.45, 2.75) is 26.7 Å². The summed E-state index contributed by atoms with van der Waals surface area (Å²) in [6, 6.07) is 0. The van der Waals surface area contributed by atoms with E-state index in [1.165, 1.54) is 6.92 Å². The minimum Gasteiger partial charge on any atom is -0.463 e. The van der Waals surface area contributed by atoms with Gasteiger partial charge in [-0.15, -0.1) is 0 Å². The second-order valence-corrected chi connectivity index (χ2v) is 3.03. The molecule has 0 rings (SSSR count). The monoisotopic (exact) mass is 188 g/mol. The zero-order chi connectivity index (χ0) is 10.3. The van der Waals surface area contributed by atoms with Crippen LogP contribution in [0.15, 0.2) is 0 Å². The number of Topliss-reactive ketones (excluding diaryl/α,β-unsaturated/α-hetero) is 1.